The number of aliphatic imine (C=N–C) groups is 1. The maximum absolute atomic E-state index is 13.4. The number of hydrogen-bond donors (Lipinski definition) is 3. The van der Waals surface area contributed by atoms with Crippen molar-refractivity contribution in [1.82, 2.24) is 15.5 Å². The van der Waals surface area contributed by atoms with Crippen molar-refractivity contribution in [2.24, 2.45) is 4.99 Å². The Labute approximate surface area is 256 Å². The topological polar surface area (TPSA) is 172 Å². The summed E-state index contributed by atoms with van der Waals surface area (Å²) in [6.07, 6.45) is 3.10. The van der Waals surface area contributed by atoms with Crippen LogP contribution in [0.25, 0.3) is 0 Å². The summed E-state index contributed by atoms with van der Waals surface area (Å²) < 4.78 is 16.1. The van der Waals surface area contributed by atoms with E-state index in [0.29, 0.717) is 38.4 Å². The zero-order valence-electron chi connectivity index (χ0n) is 24.6. The van der Waals surface area contributed by atoms with Crippen LogP contribution in [-0.2, 0) is 35.0 Å². The minimum Gasteiger partial charge on any atom is -0.480 e. The molecule has 13 heteroatoms. The Bertz CT molecular complexity index is 1320. The van der Waals surface area contributed by atoms with Crippen LogP contribution in [0.3, 0.4) is 0 Å². The number of hydrogen-bond acceptors (Lipinski definition) is 8. The van der Waals surface area contributed by atoms with Crippen molar-refractivity contribution >= 4 is 42.9 Å². The van der Waals surface area contributed by atoms with Gasteiger partial charge in [-0.2, -0.15) is 0 Å². The Morgan fingerprint density at radius 3 is 2.36 bits per heavy atom. The first-order chi connectivity index (χ1) is 21.2. The van der Waals surface area contributed by atoms with E-state index in [1.54, 1.807) is 54.6 Å². The summed E-state index contributed by atoms with van der Waals surface area (Å²) in [5, 5.41) is 14.8. The number of likely N-dealkylation sites (tertiary alicyclic amines) is 1. The normalized spacial score (nSPS) is 16.4. The number of aliphatic carboxylic acids is 1. The first kappa shape index (κ1) is 33.8. The molecule has 2 aromatic rings. The van der Waals surface area contributed by atoms with E-state index in [0.717, 1.165) is 11.7 Å². The number of carboxylic acids is 1. The Kier molecular flexibility index (Phi) is 13.4. The first-order valence-electron chi connectivity index (χ1n) is 14.6. The van der Waals surface area contributed by atoms with Gasteiger partial charge in [0.2, 0.25) is 0 Å². The average Bonchev–Trinajstić information content (AvgIpc) is 3.53. The Morgan fingerprint density at radius 2 is 1.70 bits per heavy atom. The van der Waals surface area contributed by atoms with Crippen LogP contribution in [0.4, 0.5) is 0 Å². The van der Waals surface area contributed by atoms with Crippen LogP contribution in [0, 0.1) is 0 Å². The van der Waals surface area contributed by atoms with E-state index in [1.165, 1.54) is 11.8 Å². The third kappa shape index (κ3) is 10.2. The van der Waals surface area contributed by atoms with E-state index in [-0.39, 0.29) is 26.0 Å². The summed E-state index contributed by atoms with van der Waals surface area (Å²) in [4.78, 5) is 68.7. The number of rotatable bonds is 16. The van der Waals surface area contributed by atoms with Gasteiger partial charge in [0.1, 0.15) is 0 Å². The van der Waals surface area contributed by atoms with Crippen molar-refractivity contribution < 1.29 is 38.5 Å². The summed E-state index contributed by atoms with van der Waals surface area (Å²) in [7, 11) is 0.445. The van der Waals surface area contributed by atoms with Crippen LogP contribution in [0.15, 0.2) is 65.7 Å². The first-order valence-corrected chi connectivity index (χ1v) is 14.6. The zero-order chi connectivity index (χ0) is 31.9. The quantitative estimate of drug-likeness (QED) is 0.113. The molecule has 1 heterocycles. The number of carbonyl (C=O) groups excluding carboxylic acids is 4. The fourth-order valence-corrected chi connectivity index (χ4v) is 4.88. The predicted molar refractivity (Wildman–Crippen MR) is 161 cm³/mol. The van der Waals surface area contributed by atoms with Gasteiger partial charge in [-0.15, -0.1) is 0 Å². The van der Waals surface area contributed by atoms with Gasteiger partial charge in [-0.3, -0.25) is 0 Å². The van der Waals surface area contributed by atoms with Gasteiger partial charge in [0.25, 0.3) is 0 Å². The maximum atomic E-state index is 13.4. The van der Waals surface area contributed by atoms with Gasteiger partial charge in [-0.05, 0) is 12.8 Å². The second-order valence-corrected chi connectivity index (χ2v) is 10.5. The summed E-state index contributed by atoms with van der Waals surface area (Å²) in [6, 6.07) is 13.5. The van der Waals surface area contributed by atoms with Crippen LogP contribution in [0.2, 0.25) is 0 Å². The number of carbonyl (C=O) groups is 5. The number of nitrogens with zero attached hydrogens (tertiary/aromatic N) is 2. The molecule has 44 heavy (non-hydrogen) atoms. The molecule has 1 saturated heterocycles. The minimum absolute atomic E-state index is 0.134. The second-order valence-electron chi connectivity index (χ2n) is 10.5. The molecule has 0 unspecified atom stereocenters. The molecule has 0 aliphatic carbocycles. The van der Waals surface area contributed by atoms with Crippen molar-refractivity contribution in [2.45, 2.75) is 69.6 Å². The number of nitrogens with one attached hydrogen (secondary N) is 2. The Hall–Kier alpha value is -4.68. The molecule has 1 aliphatic rings. The summed E-state index contributed by atoms with van der Waals surface area (Å²) in [5.74, 6) is -3.29. The molecule has 232 valence electrons. The summed E-state index contributed by atoms with van der Waals surface area (Å²) in [5.41, 5.74) is 1.20. The number of esters is 1. The van der Waals surface area contributed by atoms with E-state index in [2.05, 4.69) is 15.6 Å². The van der Waals surface area contributed by atoms with Gasteiger partial charge in [-0.1, -0.05) is 24.3 Å². The molecule has 12 nitrogen and oxygen atoms in total. The van der Waals surface area contributed by atoms with Crippen LogP contribution in [-0.4, -0.2) is 90.2 Å². The standard InChI is InChI=1S/C31H37BN4O8/c1-21(34-28(38)24(33-20-32-43)15-8-9-18-44-31(42)23-13-6-3-7-14-23)27(37)35-25(19-22-11-4-2-5-12-22)29(39)36-17-10-16-26(36)30(40)41/h2-7,11-14,20-21,24-26H,8-10,15-19H2,1H3,(H,34,38)(H,35,37)(H,40,41)/t21-,24+,25+,26-/m1/s1. The number of benzene rings is 2. The van der Waals surface area contributed by atoms with E-state index in [9.17, 15) is 33.8 Å². The van der Waals surface area contributed by atoms with Crippen molar-refractivity contribution in [3.63, 3.8) is 0 Å². The van der Waals surface area contributed by atoms with Gasteiger partial charge in [0, 0.05) is 0 Å². The van der Waals surface area contributed by atoms with E-state index >= 15 is 0 Å². The molecular formula is C31H37BN4O8. The molecule has 4 atom stereocenters. The third-order valence-electron chi connectivity index (χ3n) is 7.21. The van der Waals surface area contributed by atoms with Crippen LogP contribution >= 0.6 is 0 Å². The van der Waals surface area contributed by atoms with Crippen molar-refractivity contribution in [1.29, 1.82) is 0 Å². The van der Waals surface area contributed by atoms with E-state index < -0.39 is 53.8 Å². The fourth-order valence-electron chi connectivity index (χ4n) is 4.88. The molecule has 0 saturated carbocycles. The molecule has 1 aliphatic heterocycles. The number of ether oxygens (including phenoxy) is 1. The van der Waals surface area contributed by atoms with Crippen LogP contribution in [0.5, 0.6) is 0 Å². The van der Waals surface area contributed by atoms with E-state index in [1.807, 2.05) is 6.07 Å². The molecule has 3 amide bonds. The molecule has 0 spiro atoms. The van der Waals surface area contributed by atoms with Crippen molar-refractivity contribution in [2.75, 3.05) is 13.2 Å². The van der Waals surface area contributed by atoms with Gasteiger partial charge in [-0.25, -0.2) is 4.79 Å². The minimum atomic E-state index is -1.10. The number of carboxylic acid groups (broad SMARTS) is 1. The smallest absolute Gasteiger partial charge is 0.480 e. The molecule has 0 radical (unpaired) electrons. The zero-order valence-corrected chi connectivity index (χ0v) is 24.6. The van der Waals surface area contributed by atoms with Gasteiger partial charge in [0.05, 0.1) is 0 Å². The molecular weight excluding hydrogens is 567 g/mol. The molecule has 0 aromatic heterocycles. The van der Waals surface area contributed by atoms with Gasteiger partial charge >= 0.3 is 210 Å². The van der Waals surface area contributed by atoms with Crippen LogP contribution < -0.4 is 10.6 Å². The molecule has 3 N–H and O–H groups in total. The predicted octanol–water partition coefficient (Wildman–Crippen LogP) is 1.77. The molecule has 0 bridgehead atoms. The number of unbranched alkanes of at least 4 members (excludes halogenated alkanes) is 1. The molecule has 2 aromatic carbocycles. The van der Waals surface area contributed by atoms with E-state index in [4.69, 9.17) is 4.74 Å². The van der Waals surface area contributed by atoms with Crippen molar-refractivity contribution in [3.05, 3.63) is 71.8 Å². The Balaban J connectivity index is 1.57. The Morgan fingerprint density at radius 1 is 1.02 bits per heavy atom. The molecule has 3 rings (SSSR count). The second kappa shape index (κ2) is 17.4. The molecule has 1 fully saturated rings. The van der Waals surface area contributed by atoms with Gasteiger partial charge in [0.15, 0.2) is 0 Å². The summed E-state index contributed by atoms with van der Waals surface area (Å²) >= 11 is 0. The van der Waals surface area contributed by atoms with Gasteiger partial charge < -0.3 is 5.11 Å². The fraction of sp³-hybridized carbons (Fsp3) is 0.419. The van der Waals surface area contributed by atoms with Crippen molar-refractivity contribution in [3.8, 4) is 0 Å². The number of amides is 3. The summed E-state index contributed by atoms with van der Waals surface area (Å²) in [6.45, 7) is 1.86. The SMILES string of the molecule is C[C@@H](NC(=O)[C@H](CCCCOC(=O)c1ccccc1)N=CB=O)C(=O)N[C@@H](Cc1ccccc1)C(=O)N1CCC[C@@H]1C(=O)O. The monoisotopic (exact) mass is 604 g/mol. The average molecular weight is 604 g/mol. The van der Waals surface area contributed by atoms with Crippen LogP contribution in [0.1, 0.15) is 54.9 Å². The third-order valence-corrected chi connectivity index (χ3v) is 7.21.